The molecule has 0 saturated heterocycles. The van der Waals surface area contributed by atoms with Crippen molar-refractivity contribution in [3.63, 3.8) is 0 Å². The Morgan fingerprint density at radius 3 is 2.88 bits per heavy atom. The molecule has 0 heterocycles. The molecular weight excluding hydrogens is 240 g/mol. The number of benzene rings is 1. The van der Waals surface area contributed by atoms with Gasteiger partial charge in [0.15, 0.2) is 0 Å². The van der Waals surface area contributed by atoms with Crippen LogP contribution in [0.1, 0.15) is 18.9 Å². The summed E-state index contributed by atoms with van der Waals surface area (Å²) >= 11 is 5.97. The SMILES string of the molecule is C=CCC(C)NCc1ccc([N+](=O)[O-])cc1Cl. The number of nitro benzene ring substituents is 1. The standard InChI is InChI=1S/C12H15ClN2O2/c1-3-4-9(2)14-8-10-5-6-11(15(16)17)7-12(10)13/h3,5-7,9,14H,1,4,8H2,2H3. The molecule has 1 aromatic rings. The van der Waals surface area contributed by atoms with Gasteiger partial charge >= 0.3 is 0 Å². The molecule has 0 saturated carbocycles. The van der Waals surface area contributed by atoms with Crippen molar-refractivity contribution in [3.8, 4) is 0 Å². The van der Waals surface area contributed by atoms with Gasteiger partial charge in [0.25, 0.3) is 5.69 Å². The van der Waals surface area contributed by atoms with Crippen molar-refractivity contribution in [1.82, 2.24) is 5.32 Å². The number of hydrogen-bond donors (Lipinski definition) is 1. The number of nitrogens with zero attached hydrogens (tertiary/aromatic N) is 1. The summed E-state index contributed by atoms with van der Waals surface area (Å²) in [5.74, 6) is 0. The number of nitro groups is 1. The maximum Gasteiger partial charge on any atom is 0.270 e. The highest BCUT2D eigenvalue weighted by Crippen LogP contribution is 2.22. The Balaban J connectivity index is 2.66. The Labute approximate surface area is 105 Å². The van der Waals surface area contributed by atoms with Crippen molar-refractivity contribution in [2.24, 2.45) is 0 Å². The average Bonchev–Trinajstić information content (AvgIpc) is 2.27. The predicted molar refractivity (Wildman–Crippen MR) is 69.2 cm³/mol. The van der Waals surface area contributed by atoms with Gasteiger partial charge in [-0.3, -0.25) is 10.1 Å². The quantitative estimate of drug-likeness (QED) is 0.481. The van der Waals surface area contributed by atoms with Crippen molar-refractivity contribution in [2.45, 2.75) is 25.9 Å². The van der Waals surface area contributed by atoms with Gasteiger partial charge in [0.1, 0.15) is 0 Å². The van der Waals surface area contributed by atoms with Gasteiger partial charge in [-0.25, -0.2) is 0 Å². The molecule has 1 atom stereocenters. The van der Waals surface area contributed by atoms with Crippen molar-refractivity contribution < 1.29 is 4.92 Å². The van der Waals surface area contributed by atoms with Gasteiger partial charge in [-0.2, -0.15) is 0 Å². The maximum absolute atomic E-state index is 10.5. The molecule has 0 radical (unpaired) electrons. The highest BCUT2D eigenvalue weighted by Gasteiger charge is 2.09. The summed E-state index contributed by atoms with van der Waals surface area (Å²) < 4.78 is 0. The lowest BCUT2D eigenvalue weighted by molar-refractivity contribution is -0.384. The molecule has 0 aliphatic heterocycles. The van der Waals surface area contributed by atoms with E-state index in [0.717, 1.165) is 12.0 Å². The number of nitrogens with one attached hydrogen (secondary N) is 1. The fourth-order valence-electron chi connectivity index (χ4n) is 1.41. The molecule has 0 aromatic heterocycles. The van der Waals surface area contributed by atoms with Crippen LogP contribution in [0.25, 0.3) is 0 Å². The van der Waals surface area contributed by atoms with E-state index in [1.54, 1.807) is 6.07 Å². The number of hydrogen-bond acceptors (Lipinski definition) is 3. The van der Waals surface area contributed by atoms with Crippen molar-refractivity contribution in [1.29, 1.82) is 0 Å². The zero-order chi connectivity index (χ0) is 12.8. The lowest BCUT2D eigenvalue weighted by Gasteiger charge is -2.12. The van der Waals surface area contributed by atoms with Crippen LogP contribution in [0.4, 0.5) is 5.69 Å². The summed E-state index contributed by atoms with van der Waals surface area (Å²) in [5.41, 5.74) is 0.867. The molecule has 1 aromatic carbocycles. The zero-order valence-electron chi connectivity index (χ0n) is 9.65. The third-order valence-corrected chi connectivity index (χ3v) is 2.76. The van der Waals surface area contributed by atoms with Crippen LogP contribution in [-0.4, -0.2) is 11.0 Å². The molecule has 0 fully saturated rings. The van der Waals surface area contributed by atoms with Gasteiger partial charge in [0, 0.05) is 24.7 Å². The fraction of sp³-hybridized carbons (Fsp3) is 0.333. The van der Waals surface area contributed by atoms with Crippen molar-refractivity contribution >= 4 is 17.3 Å². The third-order valence-electron chi connectivity index (χ3n) is 2.41. The van der Waals surface area contributed by atoms with Gasteiger partial charge in [0.05, 0.1) is 9.95 Å². The molecule has 0 aliphatic rings. The van der Waals surface area contributed by atoms with E-state index < -0.39 is 4.92 Å². The lowest BCUT2D eigenvalue weighted by atomic mass is 10.1. The minimum atomic E-state index is -0.455. The molecule has 92 valence electrons. The second-order valence-electron chi connectivity index (χ2n) is 3.84. The summed E-state index contributed by atoms with van der Waals surface area (Å²) in [4.78, 5) is 10.1. The van der Waals surface area contributed by atoms with Gasteiger partial charge in [-0.15, -0.1) is 6.58 Å². The van der Waals surface area contributed by atoms with E-state index in [2.05, 4.69) is 11.9 Å². The van der Waals surface area contributed by atoms with Crippen molar-refractivity contribution in [3.05, 3.63) is 51.6 Å². The topological polar surface area (TPSA) is 55.2 Å². The molecule has 0 aliphatic carbocycles. The van der Waals surface area contributed by atoms with E-state index in [-0.39, 0.29) is 5.69 Å². The summed E-state index contributed by atoms with van der Waals surface area (Å²) in [6.07, 6.45) is 2.71. The van der Waals surface area contributed by atoms with E-state index in [4.69, 9.17) is 11.6 Å². The second-order valence-corrected chi connectivity index (χ2v) is 4.25. The number of rotatable bonds is 6. The fourth-order valence-corrected chi connectivity index (χ4v) is 1.65. The Morgan fingerprint density at radius 2 is 2.35 bits per heavy atom. The molecule has 0 bridgehead atoms. The van der Waals surface area contributed by atoms with Crippen LogP contribution < -0.4 is 5.32 Å². The predicted octanol–water partition coefficient (Wildman–Crippen LogP) is 3.30. The monoisotopic (exact) mass is 254 g/mol. The van der Waals surface area contributed by atoms with Crippen LogP contribution in [-0.2, 0) is 6.54 Å². The van der Waals surface area contributed by atoms with Gasteiger partial charge in [0.2, 0.25) is 0 Å². The Bertz CT molecular complexity index is 421. The van der Waals surface area contributed by atoms with Crippen LogP contribution >= 0.6 is 11.6 Å². The molecule has 1 N–H and O–H groups in total. The maximum atomic E-state index is 10.5. The van der Waals surface area contributed by atoms with E-state index in [9.17, 15) is 10.1 Å². The van der Waals surface area contributed by atoms with E-state index in [0.29, 0.717) is 17.6 Å². The van der Waals surface area contributed by atoms with E-state index in [1.807, 2.05) is 13.0 Å². The first-order valence-electron chi connectivity index (χ1n) is 5.31. The van der Waals surface area contributed by atoms with Crippen LogP contribution in [0.2, 0.25) is 5.02 Å². The third kappa shape index (κ3) is 4.17. The van der Waals surface area contributed by atoms with Crippen LogP contribution in [0, 0.1) is 10.1 Å². The van der Waals surface area contributed by atoms with Gasteiger partial charge in [-0.1, -0.05) is 17.7 Å². The molecule has 1 unspecified atom stereocenters. The molecular formula is C12H15ClN2O2. The minimum absolute atomic E-state index is 0.0119. The first kappa shape index (κ1) is 13.7. The zero-order valence-corrected chi connectivity index (χ0v) is 10.4. The van der Waals surface area contributed by atoms with Crippen molar-refractivity contribution in [2.75, 3.05) is 0 Å². The highest BCUT2D eigenvalue weighted by atomic mass is 35.5. The van der Waals surface area contributed by atoms with Gasteiger partial charge in [-0.05, 0) is 25.0 Å². The first-order chi connectivity index (χ1) is 8.04. The van der Waals surface area contributed by atoms with E-state index in [1.165, 1.54) is 12.1 Å². The minimum Gasteiger partial charge on any atom is -0.310 e. The molecule has 0 amide bonds. The van der Waals surface area contributed by atoms with E-state index >= 15 is 0 Å². The second kappa shape index (κ2) is 6.37. The summed E-state index contributed by atoms with van der Waals surface area (Å²) in [7, 11) is 0. The number of halogens is 1. The van der Waals surface area contributed by atoms with Crippen LogP contribution in [0.5, 0.6) is 0 Å². The molecule has 1 rings (SSSR count). The lowest BCUT2D eigenvalue weighted by Crippen LogP contribution is -2.24. The molecule has 4 nitrogen and oxygen atoms in total. The Morgan fingerprint density at radius 1 is 1.65 bits per heavy atom. The number of non-ortho nitro benzene ring substituents is 1. The summed E-state index contributed by atoms with van der Waals surface area (Å²) in [6, 6.07) is 4.81. The summed E-state index contributed by atoms with van der Waals surface area (Å²) in [6.45, 7) is 6.29. The highest BCUT2D eigenvalue weighted by molar-refractivity contribution is 6.31. The molecule has 5 heteroatoms. The molecule has 0 spiro atoms. The first-order valence-corrected chi connectivity index (χ1v) is 5.69. The Kier molecular flexibility index (Phi) is 5.12. The van der Waals surface area contributed by atoms with Gasteiger partial charge < -0.3 is 5.32 Å². The Hall–Kier alpha value is -1.39. The average molecular weight is 255 g/mol. The smallest absolute Gasteiger partial charge is 0.270 e. The largest absolute Gasteiger partial charge is 0.310 e. The van der Waals surface area contributed by atoms with Crippen LogP contribution in [0.15, 0.2) is 30.9 Å². The summed E-state index contributed by atoms with van der Waals surface area (Å²) in [5, 5.41) is 14.2. The van der Waals surface area contributed by atoms with Crippen LogP contribution in [0.3, 0.4) is 0 Å². The molecule has 17 heavy (non-hydrogen) atoms. The normalized spacial score (nSPS) is 12.1.